The number of hydrogen-bond donors (Lipinski definition) is 0. The lowest BCUT2D eigenvalue weighted by Crippen LogP contribution is -2.19. The van der Waals surface area contributed by atoms with Gasteiger partial charge in [0.1, 0.15) is 0 Å². The standard InChI is InChI=1S/C11H14O4S/c1-10(7-8-15-9-12)16(13,14)11-5-3-2-4-6-11/h2-6,9-10H,7-8H2,1H3. The zero-order chi connectivity index (χ0) is 12.0. The molecule has 0 spiro atoms. The molecule has 0 heterocycles. The van der Waals surface area contributed by atoms with Crippen molar-refractivity contribution in [3.05, 3.63) is 30.3 Å². The zero-order valence-electron chi connectivity index (χ0n) is 9.00. The van der Waals surface area contributed by atoms with Crippen LogP contribution in [0.1, 0.15) is 13.3 Å². The van der Waals surface area contributed by atoms with Gasteiger partial charge in [-0.1, -0.05) is 18.2 Å². The molecule has 5 heteroatoms. The summed E-state index contributed by atoms with van der Waals surface area (Å²) in [5.41, 5.74) is 0. The van der Waals surface area contributed by atoms with Crippen LogP contribution in [0.2, 0.25) is 0 Å². The third-order valence-corrected chi connectivity index (χ3v) is 4.54. The average molecular weight is 242 g/mol. The van der Waals surface area contributed by atoms with Crippen LogP contribution in [-0.2, 0) is 19.4 Å². The van der Waals surface area contributed by atoms with E-state index in [1.807, 2.05) is 0 Å². The summed E-state index contributed by atoms with van der Waals surface area (Å²) in [4.78, 5) is 10.2. The van der Waals surface area contributed by atoms with Crippen molar-refractivity contribution >= 4 is 16.3 Å². The van der Waals surface area contributed by atoms with Gasteiger partial charge in [0, 0.05) is 0 Å². The second-order valence-electron chi connectivity index (χ2n) is 3.42. The van der Waals surface area contributed by atoms with E-state index in [1.165, 1.54) is 0 Å². The molecule has 4 nitrogen and oxygen atoms in total. The SMILES string of the molecule is CC(CCOC=O)S(=O)(=O)c1ccccc1. The van der Waals surface area contributed by atoms with Crippen LogP contribution in [0.25, 0.3) is 0 Å². The zero-order valence-corrected chi connectivity index (χ0v) is 9.81. The molecule has 16 heavy (non-hydrogen) atoms. The first-order valence-corrected chi connectivity index (χ1v) is 6.48. The highest BCUT2D eigenvalue weighted by atomic mass is 32.2. The Labute approximate surface area is 95.2 Å². The van der Waals surface area contributed by atoms with E-state index in [9.17, 15) is 13.2 Å². The highest BCUT2D eigenvalue weighted by molar-refractivity contribution is 7.92. The topological polar surface area (TPSA) is 60.4 Å². The molecule has 0 fully saturated rings. The molecule has 0 amide bonds. The van der Waals surface area contributed by atoms with Crippen molar-refractivity contribution in [3.8, 4) is 0 Å². The van der Waals surface area contributed by atoms with Crippen molar-refractivity contribution in [2.45, 2.75) is 23.5 Å². The smallest absolute Gasteiger partial charge is 0.293 e. The highest BCUT2D eigenvalue weighted by Gasteiger charge is 2.22. The minimum absolute atomic E-state index is 0.122. The molecule has 0 bridgehead atoms. The molecule has 0 saturated carbocycles. The first kappa shape index (κ1) is 12.7. The Bertz CT molecular complexity index is 425. The van der Waals surface area contributed by atoms with E-state index in [0.29, 0.717) is 17.8 Å². The number of rotatable bonds is 6. The third kappa shape index (κ3) is 3.06. The second-order valence-corrected chi connectivity index (χ2v) is 5.79. The van der Waals surface area contributed by atoms with Crippen LogP contribution >= 0.6 is 0 Å². The Balaban J connectivity index is 2.74. The molecule has 0 aliphatic rings. The molecule has 1 atom stereocenters. The van der Waals surface area contributed by atoms with Crippen LogP contribution in [0, 0.1) is 0 Å². The number of ether oxygens (including phenoxy) is 1. The van der Waals surface area contributed by atoms with Crippen molar-refractivity contribution in [2.24, 2.45) is 0 Å². The molecule has 1 unspecified atom stereocenters. The van der Waals surface area contributed by atoms with Crippen molar-refractivity contribution in [2.75, 3.05) is 6.61 Å². The van der Waals surface area contributed by atoms with Gasteiger partial charge in [0.25, 0.3) is 6.47 Å². The minimum atomic E-state index is -3.32. The fourth-order valence-corrected chi connectivity index (χ4v) is 2.69. The van der Waals surface area contributed by atoms with Crippen LogP contribution in [0.4, 0.5) is 0 Å². The first-order valence-electron chi connectivity index (χ1n) is 4.93. The van der Waals surface area contributed by atoms with Crippen molar-refractivity contribution in [1.29, 1.82) is 0 Å². The molecule has 1 aromatic rings. The fourth-order valence-electron chi connectivity index (χ4n) is 1.28. The second kappa shape index (κ2) is 5.65. The Morgan fingerprint density at radius 1 is 1.31 bits per heavy atom. The van der Waals surface area contributed by atoms with Crippen LogP contribution in [0.15, 0.2) is 35.2 Å². The summed E-state index contributed by atoms with van der Waals surface area (Å²) in [6.07, 6.45) is 0.302. The van der Waals surface area contributed by atoms with E-state index in [-0.39, 0.29) is 6.61 Å². The maximum atomic E-state index is 12.0. The Morgan fingerprint density at radius 3 is 2.50 bits per heavy atom. The summed E-state index contributed by atoms with van der Waals surface area (Å²) in [5.74, 6) is 0. The monoisotopic (exact) mass is 242 g/mol. The summed E-state index contributed by atoms with van der Waals surface area (Å²) in [6.45, 7) is 2.05. The quantitative estimate of drug-likeness (QED) is 0.559. The molecular formula is C11H14O4S. The lowest BCUT2D eigenvalue weighted by atomic mass is 10.3. The van der Waals surface area contributed by atoms with Gasteiger partial charge in [-0.05, 0) is 25.5 Å². The molecule has 0 aliphatic heterocycles. The maximum Gasteiger partial charge on any atom is 0.293 e. The first-order chi connectivity index (χ1) is 7.59. The van der Waals surface area contributed by atoms with E-state index in [0.717, 1.165) is 0 Å². The summed E-state index contributed by atoms with van der Waals surface area (Å²) < 4.78 is 28.5. The van der Waals surface area contributed by atoms with Gasteiger partial charge < -0.3 is 4.74 Å². The van der Waals surface area contributed by atoms with E-state index in [4.69, 9.17) is 0 Å². The predicted molar refractivity (Wildman–Crippen MR) is 59.7 cm³/mol. The van der Waals surface area contributed by atoms with Crippen molar-refractivity contribution in [1.82, 2.24) is 0 Å². The molecule has 0 saturated heterocycles. The summed E-state index contributed by atoms with van der Waals surface area (Å²) in [5, 5.41) is -0.560. The molecule has 0 aromatic heterocycles. The molecule has 88 valence electrons. The predicted octanol–water partition coefficient (Wildman–Crippen LogP) is 1.41. The van der Waals surface area contributed by atoms with Gasteiger partial charge in [-0.15, -0.1) is 0 Å². The number of hydrogen-bond acceptors (Lipinski definition) is 4. The fraction of sp³-hybridized carbons (Fsp3) is 0.364. The molecule has 0 aliphatic carbocycles. The molecule has 1 aromatic carbocycles. The van der Waals surface area contributed by atoms with Gasteiger partial charge in [0.2, 0.25) is 0 Å². The van der Waals surface area contributed by atoms with Crippen LogP contribution < -0.4 is 0 Å². The largest absolute Gasteiger partial charge is 0.468 e. The van der Waals surface area contributed by atoms with Gasteiger partial charge in [0.15, 0.2) is 9.84 Å². The summed E-state index contributed by atoms with van der Waals surface area (Å²) in [6, 6.07) is 8.25. The van der Waals surface area contributed by atoms with Crippen LogP contribution in [0.5, 0.6) is 0 Å². The van der Waals surface area contributed by atoms with Crippen LogP contribution in [-0.4, -0.2) is 26.7 Å². The minimum Gasteiger partial charge on any atom is -0.468 e. The Morgan fingerprint density at radius 2 is 1.94 bits per heavy atom. The lowest BCUT2D eigenvalue weighted by Gasteiger charge is -2.11. The molecular weight excluding hydrogens is 228 g/mol. The number of carbonyl (C=O) groups excluding carboxylic acids is 1. The number of carbonyl (C=O) groups is 1. The number of sulfone groups is 1. The molecule has 0 N–H and O–H groups in total. The van der Waals surface area contributed by atoms with Crippen LogP contribution in [0.3, 0.4) is 0 Å². The summed E-state index contributed by atoms with van der Waals surface area (Å²) >= 11 is 0. The lowest BCUT2D eigenvalue weighted by molar-refractivity contribution is -0.128. The average Bonchev–Trinajstić information content (AvgIpc) is 2.30. The normalized spacial score (nSPS) is 13.1. The number of benzene rings is 1. The van der Waals surface area contributed by atoms with Gasteiger partial charge in [-0.2, -0.15) is 0 Å². The Kier molecular flexibility index (Phi) is 4.49. The van der Waals surface area contributed by atoms with Gasteiger partial charge >= 0.3 is 0 Å². The van der Waals surface area contributed by atoms with Gasteiger partial charge in [-0.3, -0.25) is 4.79 Å². The van der Waals surface area contributed by atoms with E-state index in [1.54, 1.807) is 37.3 Å². The Hall–Kier alpha value is -1.36. The highest BCUT2D eigenvalue weighted by Crippen LogP contribution is 2.17. The van der Waals surface area contributed by atoms with Gasteiger partial charge in [-0.25, -0.2) is 8.42 Å². The van der Waals surface area contributed by atoms with E-state index >= 15 is 0 Å². The molecule has 0 radical (unpaired) electrons. The van der Waals surface area contributed by atoms with E-state index in [2.05, 4.69) is 4.74 Å². The molecule has 1 rings (SSSR count). The van der Waals surface area contributed by atoms with Crippen molar-refractivity contribution in [3.63, 3.8) is 0 Å². The van der Waals surface area contributed by atoms with Crippen molar-refractivity contribution < 1.29 is 17.9 Å². The van der Waals surface area contributed by atoms with E-state index < -0.39 is 15.1 Å². The van der Waals surface area contributed by atoms with Gasteiger partial charge in [0.05, 0.1) is 16.8 Å². The summed E-state index contributed by atoms with van der Waals surface area (Å²) in [7, 11) is -3.32. The maximum absolute atomic E-state index is 12.0. The third-order valence-electron chi connectivity index (χ3n) is 2.31.